The van der Waals surface area contributed by atoms with Crippen LogP contribution in [0.1, 0.15) is 13.8 Å². The molecule has 2 rings (SSSR count). The van der Waals surface area contributed by atoms with Gasteiger partial charge in [0.2, 0.25) is 0 Å². The minimum absolute atomic E-state index is 0.0362. The number of nitrogen functional groups attached to an aromatic ring is 1. The summed E-state index contributed by atoms with van der Waals surface area (Å²) in [5, 5.41) is 0.560. The highest BCUT2D eigenvalue weighted by Crippen LogP contribution is 2.33. The quantitative estimate of drug-likeness (QED) is 0.862. The average molecular weight is 279 g/mol. The highest BCUT2D eigenvalue weighted by Gasteiger charge is 2.10. The SMILES string of the molecule is CC(C)Oc1cccnc1Oc1ccc(Cl)cc1N. The Morgan fingerprint density at radius 1 is 1.21 bits per heavy atom. The Bertz CT molecular complexity index is 573. The van der Waals surface area contributed by atoms with Crippen molar-refractivity contribution in [3.05, 3.63) is 41.6 Å². The van der Waals surface area contributed by atoms with E-state index in [9.17, 15) is 0 Å². The molecule has 2 aromatic rings. The van der Waals surface area contributed by atoms with Crippen LogP contribution >= 0.6 is 11.6 Å². The number of halogens is 1. The standard InChI is InChI=1S/C14H15ClN2O2/c1-9(2)18-13-4-3-7-17-14(13)19-12-6-5-10(15)8-11(12)16/h3-9H,16H2,1-2H3. The summed E-state index contributed by atoms with van der Waals surface area (Å²) < 4.78 is 11.3. The maximum atomic E-state index is 5.84. The van der Waals surface area contributed by atoms with Crippen molar-refractivity contribution in [2.75, 3.05) is 5.73 Å². The van der Waals surface area contributed by atoms with E-state index in [2.05, 4.69) is 4.98 Å². The van der Waals surface area contributed by atoms with Crippen LogP contribution in [0.3, 0.4) is 0 Å². The highest BCUT2D eigenvalue weighted by atomic mass is 35.5. The third-order valence-corrected chi connectivity index (χ3v) is 2.51. The van der Waals surface area contributed by atoms with Crippen LogP contribution in [0, 0.1) is 0 Å². The van der Waals surface area contributed by atoms with Crippen LogP contribution in [0.2, 0.25) is 5.02 Å². The molecule has 0 amide bonds. The van der Waals surface area contributed by atoms with Gasteiger partial charge < -0.3 is 15.2 Å². The molecule has 4 nitrogen and oxygen atoms in total. The first kappa shape index (κ1) is 13.5. The largest absolute Gasteiger partial charge is 0.485 e. The van der Waals surface area contributed by atoms with Crippen molar-refractivity contribution in [1.82, 2.24) is 4.98 Å². The summed E-state index contributed by atoms with van der Waals surface area (Å²) in [6.07, 6.45) is 1.67. The molecule has 19 heavy (non-hydrogen) atoms. The molecule has 0 fully saturated rings. The molecule has 1 aromatic carbocycles. The van der Waals surface area contributed by atoms with E-state index in [0.717, 1.165) is 0 Å². The van der Waals surface area contributed by atoms with Gasteiger partial charge in [-0.1, -0.05) is 11.6 Å². The zero-order valence-electron chi connectivity index (χ0n) is 10.8. The molecule has 0 aliphatic carbocycles. The monoisotopic (exact) mass is 278 g/mol. The predicted molar refractivity (Wildman–Crippen MR) is 75.9 cm³/mol. The fraction of sp³-hybridized carbons (Fsp3) is 0.214. The Hall–Kier alpha value is -1.94. The smallest absolute Gasteiger partial charge is 0.262 e. The van der Waals surface area contributed by atoms with Gasteiger partial charge in [0.25, 0.3) is 5.88 Å². The molecule has 2 N–H and O–H groups in total. The van der Waals surface area contributed by atoms with E-state index in [1.54, 1.807) is 36.5 Å². The number of pyridine rings is 1. The number of hydrogen-bond acceptors (Lipinski definition) is 4. The maximum Gasteiger partial charge on any atom is 0.262 e. The number of ether oxygens (including phenoxy) is 2. The van der Waals surface area contributed by atoms with Crippen molar-refractivity contribution in [3.8, 4) is 17.4 Å². The molecule has 0 radical (unpaired) electrons. The first-order chi connectivity index (χ1) is 9.06. The van der Waals surface area contributed by atoms with Gasteiger partial charge in [-0.25, -0.2) is 4.98 Å². The lowest BCUT2D eigenvalue weighted by molar-refractivity contribution is 0.231. The highest BCUT2D eigenvalue weighted by molar-refractivity contribution is 6.30. The van der Waals surface area contributed by atoms with Crippen LogP contribution in [-0.4, -0.2) is 11.1 Å². The minimum atomic E-state index is 0.0362. The number of anilines is 1. The van der Waals surface area contributed by atoms with Crippen molar-refractivity contribution >= 4 is 17.3 Å². The van der Waals surface area contributed by atoms with Crippen LogP contribution in [0.4, 0.5) is 5.69 Å². The van der Waals surface area contributed by atoms with Crippen LogP contribution < -0.4 is 15.2 Å². The van der Waals surface area contributed by atoms with Crippen molar-refractivity contribution in [3.63, 3.8) is 0 Å². The summed E-state index contributed by atoms with van der Waals surface area (Å²) in [6, 6.07) is 8.62. The van der Waals surface area contributed by atoms with E-state index in [1.807, 2.05) is 13.8 Å². The number of hydrogen-bond donors (Lipinski definition) is 1. The predicted octanol–water partition coefficient (Wildman–Crippen LogP) is 3.90. The summed E-state index contributed by atoms with van der Waals surface area (Å²) in [5.41, 5.74) is 6.29. The zero-order chi connectivity index (χ0) is 13.8. The topological polar surface area (TPSA) is 57.4 Å². The zero-order valence-corrected chi connectivity index (χ0v) is 11.5. The van der Waals surface area contributed by atoms with E-state index < -0.39 is 0 Å². The second kappa shape index (κ2) is 5.80. The van der Waals surface area contributed by atoms with E-state index in [-0.39, 0.29) is 6.10 Å². The average Bonchev–Trinajstić information content (AvgIpc) is 2.34. The van der Waals surface area contributed by atoms with Gasteiger partial charge in [-0.2, -0.15) is 0 Å². The fourth-order valence-corrected chi connectivity index (χ4v) is 1.69. The van der Waals surface area contributed by atoms with Gasteiger partial charge in [-0.05, 0) is 44.2 Å². The van der Waals surface area contributed by atoms with E-state index >= 15 is 0 Å². The normalized spacial score (nSPS) is 10.5. The molecule has 0 aliphatic heterocycles. The summed E-state index contributed by atoms with van der Waals surface area (Å²) >= 11 is 5.84. The Balaban J connectivity index is 2.27. The summed E-state index contributed by atoms with van der Waals surface area (Å²) in [7, 11) is 0. The Morgan fingerprint density at radius 2 is 2.00 bits per heavy atom. The molecule has 0 aliphatic rings. The lowest BCUT2D eigenvalue weighted by Gasteiger charge is -2.14. The Kier molecular flexibility index (Phi) is 4.12. The molecule has 0 spiro atoms. The molecule has 5 heteroatoms. The van der Waals surface area contributed by atoms with E-state index in [0.29, 0.717) is 28.1 Å². The van der Waals surface area contributed by atoms with Gasteiger partial charge in [-0.3, -0.25) is 0 Å². The molecular weight excluding hydrogens is 264 g/mol. The summed E-state index contributed by atoms with van der Waals surface area (Å²) in [4.78, 5) is 4.15. The van der Waals surface area contributed by atoms with Gasteiger partial charge in [0.15, 0.2) is 11.5 Å². The molecule has 0 bridgehead atoms. The first-order valence-electron chi connectivity index (χ1n) is 5.91. The third kappa shape index (κ3) is 3.51. The van der Waals surface area contributed by atoms with Crippen LogP contribution in [0.15, 0.2) is 36.5 Å². The third-order valence-electron chi connectivity index (χ3n) is 2.28. The molecule has 0 unspecified atom stereocenters. The van der Waals surface area contributed by atoms with Crippen LogP contribution in [0.25, 0.3) is 0 Å². The van der Waals surface area contributed by atoms with Gasteiger partial charge in [-0.15, -0.1) is 0 Å². The number of rotatable bonds is 4. The second-order valence-electron chi connectivity index (χ2n) is 4.26. The van der Waals surface area contributed by atoms with Gasteiger partial charge in [0.05, 0.1) is 11.8 Å². The van der Waals surface area contributed by atoms with Crippen LogP contribution in [0.5, 0.6) is 17.4 Å². The minimum Gasteiger partial charge on any atom is -0.485 e. The van der Waals surface area contributed by atoms with Crippen molar-refractivity contribution in [1.29, 1.82) is 0 Å². The fourth-order valence-electron chi connectivity index (χ4n) is 1.51. The number of benzene rings is 1. The van der Waals surface area contributed by atoms with Gasteiger partial charge in [0.1, 0.15) is 0 Å². The van der Waals surface area contributed by atoms with Crippen molar-refractivity contribution < 1.29 is 9.47 Å². The lowest BCUT2D eigenvalue weighted by atomic mass is 10.3. The molecule has 100 valence electrons. The summed E-state index contributed by atoms with van der Waals surface area (Å²) in [5.74, 6) is 1.45. The lowest BCUT2D eigenvalue weighted by Crippen LogP contribution is -2.07. The number of nitrogens with zero attached hydrogens (tertiary/aromatic N) is 1. The number of nitrogens with two attached hydrogens (primary N) is 1. The molecule has 1 aromatic heterocycles. The Morgan fingerprint density at radius 3 is 2.68 bits per heavy atom. The van der Waals surface area contributed by atoms with Crippen molar-refractivity contribution in [2.24, 2.45) is 0 Å². The molecule has 1 heterocycles. The van der Waals surface area contributed by atoms with Gasteiger partial charge in [0, 0.05) is 11.2 Å². The van der Waals surface area contributed by atoms with Crippen LogP contribution in [-0.2, 0) is 0 Å². The first-order valence-corrected chi connectivity index (χ1v) is 6.28. The number of aromatic nitrogens is 1. The molecular formula is C14H15ClN2O2. The molecule has 0 saturated carbocycles. The van der Waals surface area contributed by atoms with E-state index in [1.165, 1.54) is 0 Å². The Labute approximate surface area is 117 Å². The maximum absolute atomic E-state index is 5.84. The second-order valence-corrected chi connectivity index (χ2v) is 4.69. The molecule has 0 atom stereocenters. The van der Waals surface area contributed by atoms with Gasteiger partial charge >= 0.3 is 0 Å². The van der Waals surface area contributed by atoms with E-state index in [4.69, 9.17) is 26.8 Å². The van der Waals surface area contributed by atoms with Crippen molar-refractivity contribution in [2.45, 2.75) is 20.0 Å². The summed E-state index contributed by atoms with van der Waals surface area (Å²) in [6.45, 7) is 3.88. The molecule has 0 saturated heterocycles.